The SMILES string of the molecule is CC1NC(=O)OC1c1ccc(F)c(F)c1. The first kappa shape index (κ1) is 9.89. The predicted octanol–water partition coefficient (Wildman–Crippen LogP) is 2.13. The Bertz CT molecular complexity index is 408. The number of benzene rings is 1. The molecule has 0 saturated carbocycles. The third-order valence-corrected chi connectivity index (χ3v) is 2.31. The second kappa shape index (κ2) is 3.49. The molecule has 1 fully saturated rings. The highest BCUT2D eigenvalue weighted by molar-refractivity contribution is 5.70. The van der Waals surface area contributed by atoms with E-state index >= 15 is 0 Å². The summed E-state index contributed by atoms with van der Waals surface area (Å²) in [5.41, 5.74) is 0.444. The number of rotatable bonds is 1. The molecule has 1 heterocycles. The second-order valence-electron chi connectivity index (χ2n) is 3.43. The number of hydrogen-bond acceptors (Lipinski definition) is 2. The summed E-state index contributed by atoms with van der Waals surface area (Å²) in [5.74, 6) is -1.86. The Labute approximate surface area is 85.0 Å². The van der Waals surface area contributed by atoms with Crippen LogP contribution in [0.4, 0.5) is 13.6 Å². The lowest BCUT2D eigenvalue weighted by Crippen LogP contribution is -2.23. The summed E-state index contributed by atoms with van der Waals surface area (Å²) in [6.45, 7) is 1.73. The maximum Gasteiger partial charge on any atom is 0.408 e. The number of cyclic esters (lactones) is 1. The van der Waals surface area contributed by atoms with E-state index in [1.54, 1.807) is 6.92 Å². The third kappa shape index (κ3) is 1.77. The Morgan fingerprint density at radius 1 is 1.33 bits per heavy atom. The van der Waals surface area contributed by atoms with Crippen molar-refractivity contribution in [1.82, 2.24) is 5.32 Å². The Morgan fingerprint density at radius 3 is 2.60 bits per heavy atom. The molecule has 1 aromatic carbocycles. The van der Waals surface area contributed by atoms with Crippen LogP contribution in [0.25, 0.3) is 0 Å². The van der Waals surface area contributed by atoms with Crippen LogP contribution in [-0.2, 0) is 4.74 Å². The van der Waals surface area contributed by atoms with Gasteiger partial charge in [-0.1, -0.05) is 6.07 Å². The zero-order valence-corrected chi connectivity index (χ0v) is 7.96. The molecule has 0 bridgehead atoms. The minimum atomic E-state index is -0.942. The van der Waals surface area contributed by atoms with Crippen molar-refractivity contribution in [3.05, 3.63) is 35.4 Å². The molecule has 3 nitrogen and oxygen atoms in total. The summed E-state index contributed by atoms with van der Waals surface area (Å²) in [4.78, 5) is 10.9. The zero-order chi connectivity index (χ0) is 11.0. The van der Waals surface area contributed by atoms with Crippen molar-refractivity contribution in [2.24, 2.45) is 0 Å². The smallest absolute Gasteiger partial charge is 0.408 e. The summed E-state index contributed by atoms with van der Waals surface area (Å²) >= 11 is 0. The van der Waals surface area contributed by atoms with Gasteiger partial charge in [-0.2, -0.15) is 0 Å². The number of nitrogens with one attached hydrogen (secondary N) is 1. The maximum atomic E-state index is 12.9. The quantitative estimate of drug-likeness (QED) is 0.776. The standard InChI is InChI=1S/C10H9F2NO2/c1-5-9(15-10(14)13-5)6-2-3-7(11)8(12)4-6/h2-5,9H,1H3,(H,13,14). The normalized spacial score (nSPS) is 24.9. The molecule has 2 rings (SSSR count). The fraction of sp³-hybridized carbons (Fsp3) is 0.300. The van der Waals surface area contributed by atoms with E-state index in [0.717, 1.165) is 12.1 Å². The van der Waals surface area contributed by atoms with Crippen LogP contribution in [-0.4, -0.2) is 12.1 Å². The van der Waals surface area contributed by atoms with Crippen LogP contribution in [0.3, 0.4) is 0 Å². The van der Waals surface area contributed by atoms with E-state index in [1.165, 1.54) is 6.07 Å². The number of halogens is 2. The molecule has 0 aromatic heterocycles. The highest BCUT2D eigenvalue weighted by Gasteiger charge is 2.32. The van der Waals surface area contributed by atoms with Gasteiger partial charge in [-0.3, -0.25) is 0 Å². The fourth-order valence-electron chi connectivity index (χ4n) is 1.56. The first-order valence-corrected chi connectivity index (χ1v) is 4.50. The van der Waals surface area contributed by atoms with Crippen molar-refractivity contribution in [1.29, 1.82) is 0 Å². The molecule has 1 amide bonds. The summed E-state index contributed by atoms with van der Waals surface area (Å²) < 4.78 is 30.5. The van der Waals surface area contributed by atoms with Gasteiger partial charge in [0.1, 0.15) is 6.10 Å². The molecule has 80 valence electrons. The molecule has 1 aliphatic rings. The zero-order valence-electron chi connectivity index (χ0n) is 7.96. The van der Waals surface area contributed by atoms with E-state index in [-0.39, 0.29) is 6.04 Å². The number of carbonyl (C=O) groups excluding carboxylic acids is 1. The van der Waals surface area contributed by atoms with Gasteiger partial charge in [0, 0.05) is 0 Å². The van der Waals surface area contributed by atoms with Gasteiger partial charge < -0.3 is 10.1 Å². The lowest BCUT2D eigenvalue weighted by molar-refractivity contribution is 0.133. The van der Waals surface area contributed by atoms with Gasteiger partial charge in [0.25, 0.3) is 0 Å². The fourth-order valence-corrected chi connectivity index (χ4v) is 1.56. The van der Waals surface area contributed by atoms with Gasteiger partial charge >= 0.3 is 6.09 Å². The number of alkyl carbamates (subject to hydrolysis) is 1. The monoisotopic (exact) mass is 213 g/mol. The van der Waals surface area contributed by atoms with Crippen LogP contribution in [0, 0.1) is 11.6 Å². The molecular formula is C10H9F2NO2. The minimum Gasteiger partial charge on any atom is -0.439 e. The van der Waals surface area contributed by atoms with E-state index in [1.807, 2.05) is 0 Å². The van der Waals surface area contributed by atoms with Crippen LogP contribution in [0.1, 0.15) is 18.6 Å². The van der Waals surface area contributed by atoms with Crippen molar-refractivity contribution in [3.8, 4) is 0 Å². The molecule has 1 aromatic rings. The third-order valence-electron chi connectivity index (χ3n) is 2.31. The first-order chi connectivity index (χ1) is 7.08. The van der Waals surface area contributed by atoms with E-state index in [9.17, 15) is 13.6 Å². The summed E-state index contributed by atoms with van der Waals surface area (Å²) in [6, 6.07) is 3.21. The highest BCUT2D eigenvalue weighted by Crippen LogP contribution is 2.26. The Hall–Kier alpha value is -1.65. The average molecular weight is 213 g/mol. The number of amides is 1. The highest BCUT2D eigenvalue weighted by atomic mass is 19.2. The molecule has 0 spiro atoms. The van der Waals surface area contributed by atoms with Gasteiger partial charge in [0.2, 0.25) is 0 Å². The molecule has 15 heavy (non-hydrogen) atoms. The Balaban J connectivity index is 2.30. The number of ether oxygens (including phenoxy) is 1. The van der Waals surface area contributed by atoms with E-state index < -0.39 is 23.8 Å². The summed E-state index contributed by atoms with van der Waals surface area (Å²) in [7, 11) is 0. The van der Waals surface area contributed by atoms with E-state index in [0.29, 0.717) is 5.56 Å². The topological polar surface area (TPSA) is 38.3 Å². The molecule has 2 atom stereocenters. The van der Waals surface area contributed by atoms with Gasteiger partial charge in [-0.15, -0.1) is 0 Å². The molecule has 1 aliphatic heterocycles. The van der Waals surface area contributed by atoms with Gasteiger partial charge in [-0.05, 0) is 24.6 Å². The van der Waals surface area contributed by atoms with Gasteiger partial charge in [0.15, 0.2) is 11.6 Å². The molecule has 0 aliphatic carbocycles. The molecule has 1 saturated heterocycles. The van der Waals surface area contributed by atoms with E-state index in [2.05, 4.69) is 5.32 Å². The van der Waals surface area contributed by atoms with E-state index in [4.69, 9.17) is 4.74 Å². The number of hydrogen-bond donors (Lipinski definition) is 1. The lowest BCUT2D eigenvalue weighted by Gasteiger charge is -2.12. The largest absolute Gasteiger partial charge is 0.439 e. The van der Waals surface area contributed by atoms with Crippen molar-refractivity contribution in [2.45, 2.75) is 19.1 Å². The van der Waals surface area contributed by atoms with Crippen molar-refractivity contribution in [3.63, 3.8) is 0 Å². The molecule has 0 radical (unpaired) electrons. The lowest BCUT2D eigenvalue weighted by atomic mass is 10.0. The van der Waals surface area contributed by atoms with Crippen LogP contribution in [0.2, 0.25) is 0 Å². The van der Waals surface area contributed by atoms with Crippen molar-refractivity contribution >= 4 is 6.09 Å². The average Bonchev–Trinajstić information content (AvgIpc) is 2.50. The minimum absolute atomic E-state index is 0.248. The van der Waals surface area contributed by atoms with Crippen LogP contribution < -0.4 is 5.32 Å². The van der Waals surface area contributed by atoms with Crippen LogP contribution in [0.15, 0.2) is 18.2 Å². The first-order valence-electron chi connectivity index (χ1n) is 4.50. The summed E-state index contributed by atoms with van der Waals surface area (Å²) in [6.07, 6.45) is -1.11. The maximum absolute atomic E-state index is 12.9. The number of carbonyl (C=O) groups is 1. The second-order valence-corrected chi connectivity index (χ2v) is 3.43. The molecular weight excluding hydrogens is 204 g/mol. The molecule has 5 heteroatoms. The summed E-state index contributed by atoms with van der Waals surface area (Å²) in [5, 5.41) is 2.52. The van der Waals surface area contributed by atoms with Crippen LogP contribution >= 0.6 is 0 Å². The van der Waals surface area contributed by atoms with Gasteiger partial charge in [0.05, 0.1) is 6.04 Å². The predicted molar refractivity (Wildman–Crippen MR) is 48.2 cm³/mol. The molecule has 2 unspecified atom stereocenters. The van der Waals surface area contributed by atoms with Crippen LogP contribution in [0.5, 0.6) is 0 Å². The van der Waals surface area contributed by atoms with Gasteiger partial charge in [-0.25, -0.2) is 13.6 Å². The molecule has 1 N–H and O–H groups in total. The Morgan fingerprint density at radius 2 is 2.07 bits per heavy atom. The van der Waals surface area contributed by atoms with Crippen molar-refractivity contribution < 1.29 is 18.3 Å². The Kier molecular flexibility index (Phi) is 2.30. The van der Waals surface area contributed by atoms with Crippen molar-refractivity contribution in [2.75, 3.05) is 0 Å².